The Labute approximate surface area is 359 Å². The maximum atomic E-state index is 13.7. The normalized spacial score (nSPS) is 11.6. The van der Waals surface area contributed by atoms with Gasteiger partial charge in [-0.1, -0.05) is 97.8 Å². The van der Waals surface area contributed by atoms with Gasteiger partial charge in [-0.2, -0.15) is 0 Å². The number of benzene rings is 1. The summed E-state index contributed by atoms with van der Waals surface area (Å²) in [6.07, 6.45) is 40.6. The molecule has 0 fully saturated rings. The second-order valence-electron chi connectivity index (χ2n) is 16.2. The molecule has 1 aromatic rings. The van der Waals surface area contributed by atoms with Crippen molar-refractivity contribution in [1.82, 2.24) is 0 Å². The molecule has 2 N–H and O–H groups in total. The zero-order valence-electron chi connectivity index (χ0n) is 36.8. The minimum absolute atomic E-state index is 0.227. The van der Waals surface area contributed by atoms with Crippen molar-refractivity contribution in [3.63, 3.8) is 0 Å². The molecule has 0 heterocycles. The molecule has 0 amide bonds. The van der Waals surface area contributed by atoms with Crippen molar-refractivity contribution in [3.8, 4) is 0 Å². The number of rotatable bonds is 38. The summed E-state index contributed by atoms with van der Waals surface area (Å²) in [6, 6.07) is 3.81. The van der Waals surface area contributed by atoms with Gasteiger partial charge in [-0.3, -0.25) is 0 Å². The molecule has 1 rings (SSSR count). The van der Waals surface area contributed by atoms with Gasteiger partial charge in [0.15, 0.2) is 0 Å². The Morgan fingerprint density at radius 1 is 0.500 bits per heavy atom. The second kappa shape index (κ2) is 39.2. The van der Waals surface area contributed by atoms with Crippen LogP contribution in [-0.4, -0.2) is 21.9 Å². The molecule has 0 saturated carbocycles. The Kier molecular flexibility index (Phi) is 39.2. The maximum absolute atomic E-state index is 13.7. The van der Waals surface area contributed by atoms with Crippen LogP contribution < -0.4 is 0 Å². The molecule has 11 heteroatoms. The minimum atomic E-state index is -4.20. The summed E-state index contributed by atoms with van der Waals surface area (Å²) in [5.74, 6) is 0. The van der Waals surface area contributed by atoms with Crippen molar-refractivity contribution in [2.75, 3.05) is 0 Å². The molecule has 328 valence electrons. The van der Waals surface area contributed by atoms with Crippen LogP contribution in [0.5, 0.6) is 0 Å². The van der Waals surface area contributed by atoms with E-state index >= 15 is 0 Å². The number of aryl methyl sites for hydroxylation is 1. The summed E-state index contributed by atoms with van der Waals surface area (Å²) in [7, 11) is -4.20. The van der Waals surface area contributed by atoms with Crippen LogP contribution in [-0.2, 0) is 79.3 Å². The first-order valence-corrected chi connectivity index (χ1v) is 28.6. The van der Waals surface area contributed by atoms with Crippen LogP contribution >= 0.6 is 0 Å². The third-order valence-electron chi connectivity index (χ3n) is 10.6. The van der Waals surface area contributed by atoms with E-state index in [1.165, 1.54) is 178 Å². The summed E-state index contributed by atoms with van der Waals surface area (Å²) in [4.78, 5) is 0.227. The first-order chi connectivity index (χ1) is 27.0. The molecular formula is C45H86O8STi2. The Bertz CT molecular complexity index is 1200. The molecule has 0 radical (unpaired) electrons. The average molecular weight is 883 g/mol. The van der Waals surface area contributed by atoms with Gasteiger partial charge in [0.1, 0.15) is 0 Å². The third kappa shape index (κ3) is 32.8. The molecule has 0 atom stereocenters. The molecule has 0 saturated heterocycles. The monoisotopic (exact) mass is 883 g/mol. The zero-order valence-corrected chi connectivity index (χ0v) is 40.8. The van der Waals surface area contributed by atoms with E-state index in [1.54, 1.807) is 19.9 Å². The van der Waals surface area contributed by atoms with Gasteiger partial charge < -0.3 is 0 Å². The second-order valence-corrected chi connectivity index (χ2v) is 20.5. The third-order valence-corrected chi connectivity index (χ3v) is 14.6. The van der Waals surface area contributed by atoms with Crippen LogP contribution in [0.25, 0.3) is 0 Å². The SMILES string of the molecule is CCCCCCCCCCCCc1ccc(S(=O)(=O)[O][Ti](=[O])[O]C(C)C)c(CCCCCCCCCCCC)c1CCCCCCCCCCCC.[O]=[Ti]([OH])[OH]. The van der Waals surface area contributed by atoms with Gasteiger partial charge in [-0.25, -0.2) is 0 Å². The van der Waals surface area contributed by atoms with E-state index in [0.717, 1.165) is 50.5 Å². The van der Waals surface area contributed by atoms with Crippen molar-refractivity contribution < 1.29 is 65.8 Å². The predicted octanol–water partition coefficient (Wildman–Crippen LogP) is 13.8. The van der Waals surface area contributed by atoms with Crippen molar-refractivity contribution in [3.05, 3.63) is 28.8 Å². The first-order valence-electron chi connectivity index (χ1n) is 23.2. The molecule has 0 aliphatic heterocycles. The Morgan fingerprint density at radius 3 is 1.14 bits per heavy atom. The van der Waals surface area contributed by atoms with E-state index in [9.17, 15) is 11.7 Å². The number of hydrogen-bond donors (Lipinski definition) is 2. The standard InChI is InChI=1S/C42H78O3S.C3H7O.2H2O.2O.2Ti/c1-4-7-10-13-16-19-22-25-28-31-34-39-37-38-42(46(43,44)45)41(36-33-30-27-24-21-18-15-12-9-6-3)40(39)35-32-29-26-23-20-17-14-11-8-5-2;1-3(2)4;;;;;;/h37-38H,4-36H2,1-3H3,(H,43,44,45);3H,1-2H3;2*1H2;;;;/q;-1;;;;;2*+2/p-3. The first kappa shape index (κ1) is 56.0. The van der Waals surface area contributed by atoms with E-state index in [0.29, 0.717) is 0 Å². The average Bonchev–Trinajstić information content (AvgIpc) is 3.13. The molecule has 0 spiro atoms. The van der Waals surface area contributed by atoms with Crippen LogP contribution in [0.1, 0.15) is 244 Å². The van der Waals surface area contributed by atoms with Gasteiger partial charge in [0.25, 0.3) is 0 Å². The summed E-state index contributed by atoms with van der Waals surface area (Å²) < 4.78 is 74.0. The van der Waals surface area contributed by atoms with Crippen LogP contribution in [0.4, 0.5) is 0 Å². The summed E-state index contributed by atoms with van der Waals surface area (Å²) in [5, 5.41) is 0. The molecule has 0 aliphatic rings. The fraction of sp³-hybridized carbons (Fsp3) is 0.867. The Hall–Kier alpha value is 0.0386. The van der Waals surface area contributed by atoms with Crippen LogP contribution in [0.3, 0.4) is 0 Å². The Balaban J connectivity index is 0.00000718. The Morgan fingerprint density at radius 2 is 0.804 bits per heavy atom. The summed E-state index contributed by atoms with van der Waals surface area (Å²) >= 11 is -7.48. The van der Waals surface area contributed by atoms with Crippen molar-refractivity contribution in [1.29, 1.82) is 0 Å². The zero-order chi connectivity index (χ0) is 41.7. The van der Waals surface area contributed by atoms with Crippen molar-refractivity contribution in [2.24, 2.45) is 0 Å². The fourth-order valence-electron chi connectivity index (χ4n) is 7.50. The van der Waals surface area contributed by atoms with E-state index in [1.807, 2.05) is 6.07 Å². The number of unbranched alkanes of at least 4 members (excludes halogenated alkanes) is 27. The van der Waals surface area contributed by atoms with Crippen LogP contribution in [0, 0.1) is 0 Å². The molecule has 8 nitrogen and oxygen atoms in total. The van der Waals surface area contributed by atoms with Gasteiger partial charge >= 0.3 is 264 Å². The molecule has 0 aliphatic carbocycles. The quantitative estimate of drug-likeness (QED) is 0.0496. The van der Waals surface area contributed by atoms with Crippen LogP contribution in [0.2, 0.25) is 0 Å². The van der Waals surface area contributed by atoms with Gasteiger partial charge in [0, 0.05) is 0 Å². The van der Waals surface area contributed by atoms with E-state index < -0.39 is 47.4 Å². The molecular weight excluding hydrogens is 796 g/mol. The van der Waals surface area contributed by atoms with E-state index in [4.69, 9.17) is 16.8 Å². The molecule has 1 aromatic carbocycles. The molecule has 0 aromatic heterocycles. The predicted molar refractivity (Wildman–Crippen MR) is 223 cm³/mol. The molecule has 56 heavy (non-hydrogen) atoms. The van der Waals surface area contributed by atoms with Gasteiger partial charge in [-0.05, 0) is 0 Å². The van der Waals surface area contributed by atoms with E-state index in [-0.39, 0.29) is 11.0 Å². The van der Waals surface area contributed by atoms with Crippen molar-refractivity contribution >= 4 is 10.1 Å². The molecule has 0 unspecified atom stereocenters. The van der Waals surface area contributed by atoms with Gasteiger partial charge in [-0.15, -0.1) is 0 Å². The number of hydrogen-bond acceptors (Lipinski definition) is 6. The summed E-state index contributed by atoms with van der Waals surface area (Å²) in [5.41, 5.74) is 3.47. The summed E-state index contributed by atoms with van der Waals surface area (Å²) in [6.45, 7) is 10.3. The topological polar surface area (TPSA) is 127 Å². The van der Waals surface area contributed by atoms with Crippen molar-refractivity contribution in [2.45, 2.75) is 258 Å². The van der Waals surface area contributed by atoms with E-state index in [2.05, 4.69) is 20.8 Å². The van der Waals surface area contributed by atoms with Gasteiger partial charge in [0.2, 0.25) is 0 Å². The van der Waals surface area contributed by atoms with Gasteiger partial charge in [0.05, 0.1) is 0 Å². The molecule has 0 bridgehead atoms. The van der Waals surface area contributed by atoms with Crippen LogP contribution in [0.15, 0.2) is 17.0 Å². The fourth-order valence-corrected chi connectivity index (χ4v) is 10.6.